The number of thiazole rings is 1. The third kappa shape index (κ3) is 9.67. The van der Waals surface area contributed by atoms with Crippen LogP contribution in [0.15, 0.2) is 192 Å². The summed E-state index contributed by atoms with van der Waals surface area (Å²) in [6, 6.07) is 48.7. The van der Waals surface area contributed by atoms with Crippen LogP contribution in [-0.4, -0.2) is 72.8 Å². The van der Waals surface area contributed by atoms with Crippen molar-refractivity contribution in [2.45, 2.75) is 47.8 Å². The molecule has 10 rings (SSSR count). The van der Waals surface area contributed by atoms with E-state index >= 15 is 0 Å². The number of halogens is 1. The van der Waals surface area contributed by atoms with E-state index in [2.05, 4.69) is 57.2 Å². The van der Waals surface area contributed by atoms with Crippen LogP contribution < -0.4 is 10.6 Å². The number of nitrogens with one attached hydrogen (secondary N) is 2. The van der Waals surface area contributed by atoms with Crippen molar-refractivity contribution in [1.82, 2.24) is 25.0 Å². The minimum absolute atomic E-state index is 0.0204. The maximum Gasteiger partial charge on any atom is 0.356 e. The summed E-state index contributed by atoms with van der Waals surface area (Å²) in [5.74, 6) is -1.25. The Morgan fingerprint density at radius 3 is 2.03 bits per heavy atom. The van der Waals surface area contributed by atoms with Gasteiger partial charge in [-0.25, -0.2) is 9.78 Å². The first-order valence-electron chi connectivity index (χ1n) is 22.7. The van der Waals surface area contributed by atoms with E-state index in [4.69, 9.17) is 26.3 Å². The second kappa shape index (κ2) is 21.4. The molecule has 2 N–H and O–H groups in total. The van der Waals surface area contributed by atoms with Gasteiger partial charge in [0.25, 0.3) is 11.8 Å². The number of ether oxygens (including phenoxy) is 1. The van der Waals surface area contributed by atoms with E-state index in [1.54, 1.807) is 0 Å². The molecule has 0 saturated carbocycles. The van der Waals surface area contributed by atoms with Crippen molar-refractivity contribution in [3.05, 3.63) is 230 Å². The lowest BCUT2D eigenvalue weighted by atomic mass is 9.77. The Bertz CT molecular complexity index is 3000. The van der Waals surface area contributed by atoms with Gasteiger partial charge >= 0.3 is 5.97 Å². The van der Waals surface area contributed by atoms with Gasteiger partial charge in [-0.05, 0) is 46.7 Å². The topological polar surface area (TPSA) is 157 Å². The number of amides is 3. The highest BCUT2D eigenvalue weighted by Gasteiger charge is 2.55. The van der Waals surface area contributed by atoms with Crippen molar-refractivity contribution in [1.29, 1.82) is 0 Å². The van der Waals surface area contributed by atoms with Gasteiger partial charge in [-0.2, -0.15) is 5.10 Å². The minimum Gasteiger partial charge on any atom is -0.448 e. The van der Waals surface area contributed by atoms with E-state index in [0.717, 1.165) is 51.1 Å². The van der Waals surface area contributed by atoms with Gasteiger partial charge in [0.1, 0.15) is 38.8 Å². The number of benzene rings is 5. The van der Waals surface area contributed by atoms with Crippen LogP contribution in [-0.2, 0) is 40.0 Å². The Balaban J connectivity index is 0.978. The summed E-state index contributed by atoms with van der Waals surface area (Å²) in [5, 5.41) is 14.0. The zero-order valence-corrected chi connectivity index (χ0v) is 41.0. The average Bonchev–Trinajstić information content (AvgIpc) is 4.21. The number of nitrogens with zero attached hydrogens (tertiary/aromatic N) is 5. The van der Waals surface area contributed by atoms with E-state index in [1.807, 2.05) is 144 Å². The first-order valence-corrected chi connectivity index (χ1v) is 26.0. The number of aromatic nitrogens is 3. The predicted octanol–water partition coefficient (Wildman–Crippen LogP) is 9.72. The van der Waals surface area contributed by atoms with Crippen LogP contribution in [0.3, 0.4) is 0 Å². The van der Waals surface area contributed by atoms with Crippen LogP contribution in [0.2, 0.25) is 4.34 Å². The number of anilines is 1. The molecule has 3 atom stereocenters. The maximum atomic E-state index is 15.0. The van der Waals surface area contributed by atoms with Crippen LogP contribution in [0.25, 0.3) is 0 Å². The minimum atomic E-state index is -1.07. The number of allylic oxidation sites excluding steroid dienone is 1. The molecule has 5 aromatic carbocycles. The lowest BCUT2D eigenvalue weighted by Gasteiger charge is -2.49. The molecule has 3 aliphatic rings. The molecule has 2 aromatic heterocycles. The van der Waals surface area contributed by atoms with E-state index in [9.17, 15) is 19.2 Å². The largest absolute Gasteiger partial charge is 0.448 e. The molecule has 17 heteroatoms. The molecule has 1 saturated heterocycles. The second-order valence-electron chi connectivity index (χ2n) is 16.6. The van der Waals surface area contributed by atoms with Crippen molar-refractivity contribution in [2.24, 2.45) is 5.16 Å². The molecule has 0 bridgehead atoms. The summed E-state index contributed by atoms with van der Waals surface area (Å²) in [4.78, 5) is 67.1. The number of oxime groups is 1. The third-order valence-electron chi connectivity index (χ3n) is 12.3. The molecular weight excluding hydrogens is 974 g/mol. The zero-order valence-electron chi connectivity index (χ0n) is 37.7. The highest BCUT2D eigenvalue weighted by atomic mass is 35.5. The summed E-state index contributed by atoms with van der Waals surface area (Å²) >= 11 is 10.3. The van der Waals surface area contributed by atoms with Gasteiger partial charge in [0.2, 0.25) is 6.41 Å². The average molecular weight is 1020 g/mol. The van der Waals surface area contributed by atoms with E-state index in [-0.39, 0.29) is 32.7 Å². The number of β-lactam (4-membered cyclic amide) rings is 1. The molecule has 1 unspecified atom stereocenters. The van der Waals surface area contributed by atoms with Crippen molar-refractivity contribution in [3.63, 3.8) is 0 Å². The summed E-state index contributed by atoms with van der Waals surface area (Å²) in [5.41, 5.74) is 4.45. The molecule has 0 spiro atoms. The molecule has 0 radical (unpaired) electrons. The molecule has 4 heterocycles. The van der Waals surface area contributed by atoms with Crippen molar-refractivity contribution in [2.75, 3.05) is 11.1 Å². The number of fused-ring (bicyclic) bond motifs is 1. The predicted molar refractivity (Wildman–Crippen MR) is 278 cm³/mol. The normalized spacial score (nSPS) is 17.7. The van der Waals surface area contributed by atoms with Crippen molar-refractivity contribution >= 4 is 81.5 Å². The molecule has 356 valence electrons. The number of hydrogen-bond donors (Lipinski definition) is 2. The number of thioether (sulfide) groups is 2. The van der Waals surface area contributed by atoms with Gasteiger partial charge in [-0.1, -0.05) is 186 Å². The molecule has 7 aromatic rings. The fourth-order valence-corrected chi connectivity index (χ4v) is 12.5. The van der Waals surface area contributed by atoms with Crippen LogP contribution >= 0.6 is 46.5 Å². The number of rotatable bonds is 18. The summed E-state index contributed by atoms with van der Waals surface area (Å²) in [6.07, 6.45) is 8.40. The van der Waals surface area contributed by atoms with Gasteiger partial charge < -0.3 is 20.2 Å². The Hall–Kier alpha value is -7.24. The molecule has 2 aliphatic heterocycles. The fraction of sp³-hybridized carbons (Fsp3) is 0.167. The summed E-state index contributed by atoms with van der Waals surface area (Å²) in [7, 11) is 0. The third-order valence-corrected chi connectivity index (χ3v) is 16.1. The van der Waals surface area contributed by atoms with Crippen LogP contribution in [0, 0.1) is 0 Å². The van der Waals surface area contributed by atoms with E-state index in [0.29, 0.717) is 29.2 Å². The fourth-order valence-electron chi connectivity index (χ4n) is 8.94. The quantitative estimate of drug-likeness (QED) is 0.0161. The zero-order chi connectivity index (χ0) is 48.7. The van der Waals surface area contributed by atoms with Gasteiger partial charge in [-0.15, -0.1) is 23.5 Å². The van der Waals surface area contributed by atoms with Crippen LogP contribution in [0.1, 0.15) is 58.0 Å². The van der Waals surface area contributed by atoms with Gasteiger partial charge in [0, 0.05) is 28.2 Å². The lowest BCUT2D eigenvalue weighted by molar-refractivity contribution is -0.154. The van der Waals surface area contributed by atoms with Gasteiger partial charge in [0.15, 0.2) is 16.9 Å². The molecule has 1 fully saturated rings. The van der Waals surface area contributed by atoms with Crippen LogP contribution in [0.5, 0.6) is 0 Å². The SMILES string of the molecule is O=CNc1nc(/C(=N\OC2C=CCC2)C(=O)N[C@@H]2C(=O)N3C(C(=O)OC(c4ccccc4)c4ccccc4)=C(SCc4cnn(C(c5ccccc5)(c5ccccc5)c5ccccc5)c4)CS[C@H]23)c(Cl)s1. The molecule has 13 nitrogen and oxygen atoms in total. The van der Waals surface area contributed by atoms with E-state index in [1.165, 1.54) is 28.4 Å². The molecule has 71 heavy (non-hydrogen) atoms. The Morgan fingerprint density at radius 1 is 0.873 bits per heavy atom. The molecule has 1 aliphatic carbocycles. The van der Waals surface area contributed by atoms with E-state index < -0.39 is 40.8 Å². The summed E-state index contributed by atoms with van der Waals surface area (Å²) in [6.45, 7) is 0. The Morgan fingerprint density at radius 2 is 1.46 bits per heavy atom. The smallest absolute Gasteiger partial charge is 0.356 e. The number of hydrogen-bond acceptors (Lipinski definition) is 12. The first-order chi connectivity index (χ1) is 34.8. The van der Waals surface area contributed by atoms with Crippen molar-refractivity contribution in [3.8, 4) is 0 Å². The summed E-state index contributed by atoms with van der Waals surface area (Å²) < 4.78 is 8.54. The standard InChI is InChI=1S/C54H44ClN7O6S3/c55-48-43(59-53(71-48)56-34-63)44(60-68-41-28-16-17-29-41)49(64)58-45-50(65)62-46(52(66)67-47(36-18-6-1-7-19-36)37-20-8-2-9-21-37)42(33-70-51(45)62)69-32-35-30-57-61(31-35)54(38-22-10-3-11-23-38,39-24-12-4-13-25-39)40-26-14-5-15-27-40/h1-16,18-28,30-31,34,41,45,47,51H,17,29,32-33H2,(H,58,64)(H,56,59,63)/b60-44+/t41?,45-,51-/m1/s1. The Kier molecular flexibility index (Phi) is 14.3. The highest BCUT2D eigenvalue weighted by molar-refractivity contribution is 8.05. The van der Waals surface area contributed by atoms with Crippen molar-refractivity contribution < 1.29 is 28.8 Å². The van der Waals surface area contributed by atoms with Crippen LogP contribution in [0.4, 0.5) is 5.13 Å². The number of carbonyl (C=O) groups is 4. The molecule has 3 amide bonds. The highest BCUT2D eigenvalue weighted by Crippen LogP contribution is 2.46. The van der Waals surface area contributed by atoms with Gasteiger partial charge in [-0.3, -0.25) is 24.0 Å². The second-order valence-corrected chi connectivity index (χ2v) is 20.4. The number of carbonyl (C=O) groups excluding carboxylic acids is 4. The lowest BCUT2D eigenvalue weighted by Crippen LogP contribution is -2.71. The molecular formula is C54H44ClN7O6S3. The monoisotopic (exact) mass is 1020 g/mol. The Labute approximate surface area is 427 Å². The van der Waals surface area contributed by atoms with Gasteiger partial charge in [0.05, 0.1) is 6.20 Å². The number of esters is 1. The maximum absolute atomic E-state index is 15.0. The first kappa shape index (κ1) is 47.4.